The third-order valence-corrected chi connectivity index (χ3v) is 2.61. The molecule has 2 N–H and O–H groups in total. The third kappa shape index (κ3) is 1.59. The molecule has 4 heteroatoms. The van der Waals surface area contributed by atoms with Crippen molar-refractivity contribution in [2.75, 3.05) is 20.1 Å². The lowest BCUT2D eigenvalue weighted by atomic mass is 10.1. The van der Waals surface area contributed by atoms with Gasteiger partial charge in [-0.15, -0.1) is 0 Å². The van der Waals surface area contributed by atoms with Gasteiger partial charge in [0.2, 0.25) is 0 Å². The predicted octanol–water partition coefficient (Wildman–Crippen LogP) is 0.164. The highest BCUT2D eigenvalue weighted by molar-refractivity contribution is 5.24. The topological polar surface area (TPSA) is 55.3 Å². The fraction of sp³-hybridized carbons (Fsp3) is 0.667. The Kier molecular flexibility index (Phi) is 2.33. The van der Waals surface area contributed by atoms with Gasteiger partial charge < -0.3 is 15.2 Å². The molecule has 0 atom stereocenters. The summed E-state index contributed by atoms with van der Waals surface area (Å²) in [6.07, 6.45) is 1.97. The molecule has 0 spiro atoms. The van der Waals surface area contributed by atoms with Crippen LogP contribution in [0.4, 0.5) is 0 Å². The smallest absolute Gasteiger partial charge is 0.141 e. The zero-order valence-electron chi connectivity index (χ0n) is 7.92. The summed E-state index contributed by atoms with van der Waals surface area (Å²) in [6.45, 7) is 2.61. The van der Waals surface area contributed by atoms with E-state index in [9.17, 15) is 0 Å². The molecule has 2 rings (SSSR count). The van der Waals surface area contributed by atoms with Gasteiger partial charge in [0.15, 0.2) is 0 Å². The summed E-state index contributed by atoms with van der Waals surface area (Å²) in [4.78, 5) is 2.30. The average molecular weight is 181 g/mol. The van der Waals surface area contributed by atoms with Gasteiger partial charge in [0, 0.05) is 31.6 Å². The highest BCUT2D eigenvalue weighted by Gasteiger charge is 2.18. The van der Waals surface area contributed by atoms with E-state index in [1.54, 1.807) is 0 Å². The molecule has 1 aromatic heterocycles. The molecule has 0 amide bonds. The molecule has 1 aromatic rings. The van der Waals surface area contributed by atoms with Crippen LogP contribution in [0.25, 0.3) is 0 Å². The standard InChI is InChI=1S/C9H15N3O/c1-12-4-2-7-8(6-10)11-13-9(7)3-5-12/h2-6,10H2,1H3. The maximum Gasteiger partial charge on any atom is 0.141 e. The van der Waals surface area contributed by atoms with Crippen molar-refractivity contribution in [1.29, 1.82) is 0 Å². The molecule has 0 bridgehead atoms. The molecule has 0 saturated heterocycles. The van der Waals surface area contributed by atoms with Gasteiger partial charge in [0.05, 0.1) is 0 Å². The van der Waals surface area contributed by atoms with Crippen molar-refractivity contribution in [3.63, 3.8) is 0 Å². The second-order valence-electron chi connectivity index (χ2n) is 3.54. The van der Waals surface area contributed by atoms with Crippen LogP contribution in [0, 0.1) is 0 Å². The van der Waals surface area contributed by atoms with Crippen molar-refractivity contribution in [2.45, 2.75) is 19.4 Å². The van der Waals surface area contributed by atoms with Crippen LogP contribution >= 0.6 is 0 Å². The van der Waals surface area contributed by atoms with Gasteiger partial charge in [-0.1, -0.05) is 5.16 Å². The van der Waals surface area contributed by atoms with E-state index in [0.717, 1.165) is 37.4 Å². The van der Waals surface area contributed by atoms with Crippen LogP contribution in [-0.4, -0.2) is 30.2 Å². The Labute approximate surface area is 77.7 Å². The predicted molar refractivity (Wildman–Crippen MR) is 49.3 cm³/mol. The van der Waals surface area contributed by atoms with E-state index < -0.39 is 0 Å². The van der Waals surface area contributed by atoms with E-state index >= 15 is 0 Å². The Hall–Kier alpha value is -0.870. The van der Waals surface area contributed by atoms with Crippen molar-refractivity contribution < 1.29 is 4.52 Å². The second-order valence-corrected chi connectivity index (χ2v) is 3.54. The van der Waals surface area contributed by atoms with Crippen molar-refractivity contribution >= 4 is 0 Å². The minimum Gasteiger partial charge on any atom is -0.361 e. The summed E-state index contributed by atoms with van der Waals surface area (Å²) >= 11 is 0. The Morgan fingerprint density at radius 3 is 3.00 bits per heavy atom. The molecule has 72 valence electrons. The third-order valence-electron chi connectivity index (χ3n) is 2.61. The number of likely N-dealkylation sites (N-methyl/N-ethyl adjacent to an activating group) is 1. The number of nitrogens with two attached hydrogens (primary N) is 1. The van der Waals surface area contributed by atoms with E-state index in [-0.39, 0.29) is 0 Å². The summed E-state index contributed by atoms with van der Waals surface area (Å²) in [5.74, 6) is 1.03. The normalized spacial score (nSPS) is 18.3. The molecular formula is C9H15N3O. The van der Waals surface area contributed by atoms with Crippen molar-refractivity contribution in [3.8, 4) is 0 Å². The summed E-state index contributed by atoms with van der Waals surface area (Å²) in [6, 6.07) is 0. The van der Waals surface area contributed by atoms with Crippen LogP contribution in [-0.2, 0) is 19.4 Å². The van der Waals surface area contributed by atoms with Gasteiger partial charge in [-0.25, -0.2) is 0 Å². The largest absolute Gasteiger partial charge is 0.361 e. The minimum atomic E-state index is 0.489. The van der Waals surface area contributed by atoms with E-state index in [4.69, 9.17) is 10.3 Å². The lowest BCUT2D eigenvalue weighted by Crippen LogP contribution is -2.21. The highest BCUT2D eigenvalue weighted by atomic mass is 16.5. The summed E-state index contributed by atoms with van der Waals surface area (Å²) in [7, 11) is 2.13. The summed E-state index contributed by atoms with van der Waals surface area (Å²) in [5.41, 5.74) is 7.75. The Balaban J connectivity index is 2.26. The number of nitrogens with zero attached hydrogens (tertiary/aromatic N) is 2. The van der Waals surface area contributed by atoms with Crippen LogP contribution in [0.1, 0.15) is 17.0 Å². The van der Waals surface area contributed by atoms with Crippen LogP contribution < -0.4 is 5.73 Å². The van der Waals surface area contributed by atoms with Gasteiger partial charge in [0.25, 0.3) is 0 Å². The maximum atomic E-state index is 5.57. The summed E-state index contributed by atoms with van der Waals surface area (Å²) in [5, 5.41) is 3.96. The number of rotatable bonds is 1. The van der Waals surface area contributed by atoms with Crippen LogP contribution in [0.15, 0.2) is 4.52 Å². The second kappa shape index (κ2) is 3.47. The van der Waals surface area contributed by atoms with Crippen molar-refractivity contribution in [3.05, 3.63) is 17.0 Å². The Morgan fingerprint density at radius 2 is 2.23 bits per heavy atom. The first-order valence-electron chi connectivity index (χ1n) is 4.66. The van der Waals surface area contributed by atoms with E-state index in [1.165, 1.54) is 5.56 Å². The van der Waals surface area contributed by atoms with E-state index in [0.29, 0.717) is 6.54 Å². The molecule has 2 heterocycles. The Bertz CT molecular complexity index is 295. The number of hydrogen-bond acceptors (Lipinski definition) is 4. The van der Waals surface area contributed by atoms with E-state index in [1.807, 2.05) is 0 Å². The highest BCUT2D eigenvalue weighted by Crippen LogP contribution is 2.18. The molecule has 1 aliphatic rings. The number of aromatic nitrogens is 1. The average Bonchev–Trinajstić information content (AvgIpc) is 2.45. The molecular weight excluding hydrogens is 166 g/mol. The Morgan fingerprint density at radius 1 is 1.46 bits per heavy atom. The number of hydrogen-bond donors (Lipinski definition) is 1. The van der Waals surface area contributed by atoms with Crippen LogP contribution in [0.5, 0.6) is 0 Å². The molecule has 13 heavy (non-hydrogen) atoms. The lowest BCUT2D eigenvalue weighted by Gasteiger charge is -2.10. The molecule has 4 nitrogen and oxygen atoms in total. The first kappa shape index (κ1) is 8.72. The van der Waals surface area contributed by atoms with Gasteiger partial charge in [-0.3, -0.25) is 0 Å². The fourth-order valence-corrected chi connectivity index (χ4v) is 1.73. The molecule has 0 aromatic carbocycles. The van der Waals surface area contributed by atoms with Gasteiger partial charge >= 0.3 is 0 Å². The quantitative estimate of drug-likeness (QED) is 0.670. The maximum absolute atomic E-state index is 5.57. The van der Waals surface area contributed by atoms with Gasteiger partial charge in [-0.05, 0) is 13.5 Å². The molecule has 0 fully saturated rings. The van der Waals surface area contributed by atoms with Crippen LogP contribution in [0.3, 0.4) is 0 Å². The molecule has 0 unspecified atom stereocenters. The SMILES string of the molecule is CN1CCc2onc(CN)c2CC1. The molecule has 1 aliphatic heterocycles. The molecule has 0 saturated carbocycles. The van der Waals surface area contributed by atoms with Crippen molar-refractivity contribution in [2.24, 2.45) is 5.73 Å². The minimum absolute atomic E-state index is 0.489. The zero-order chi connectivity index (χ0) is 9.26. The molecule has 0 radical (unpaired) electrons. The van der Waals surface area contributed by atoms with Crippen LogP contribution in [0.2, 0.25) is 0 Å². The van der Waals surface area contributed by atoms with Gasteiger partial charge in [0.1, 0.15) is 11.5 Å². The lowest BCUT2D eigenvalue weighted by molar-refractivity contribution is 0.326. The monoisotopic (exact) mass is 181 g/mol. The van der Waals surface area contributed by atoms with Crippen molar-refractivity contribution in [1.82, 2.24) is 10.1 Å². The first-order chi connectivity index (χ1) is 6.31. The van der Waals surface area contributed by atoms with Gasteiger partial charge in [-0.2, -0.15) is 0 Å². The first-order valence-corrected chi connectivity index (χ1v) is 4.66. The summed E-state index contributed by atoms with van der Waals surface area (Å²) < 4.78 is 5.25. The molecule has 0 aliphatic carbocycles. The van der Waals surface area contributed by atoms with E-state index in [2.05, 4.69) is 17.1 Å². The fourth-order valence-electron chi connectivity index (χ4n) is 1.73. The zero-order valence-corrected chi connectivity index (χ0v) is 7.92. The number of fused-ring (bicyclic) bond motifs is 1.